The van der Waals surface area contributed by atoms with Gasteiger partial charge in [0.1, 0.15) is 5.75 Å². The molecule has 0 spiro atoms. The smallest absolute Gasteiger partial charge is 0.260 e. The molecule has 1 fully saturated rings. The Bertz CT molecular complexity index is 507. The molecule has 3 rings (SSSR count). The lowest BCUT2D eigenvalue weighted by molar-refractivity contribution is -0.133. The van der Waals surface area contributed by atoms with Crippen LogP contribution >= 0.6 is 0 Å². The highest BCUT2D eigenvalue weighted by Gasteiger charge is 2.24. The van der Waals surface area contributed by atoms with Gasteiger partial charge in [-0.2, -0.15) is 0 Å². The number of hydrogen-bond donors (Lipinski definition) is 1. The summed E-state index contributed by atoms with van der Waals surface area (Å²) in [7, 11) is 0. The highest BCUT2D eigenvalue weighted by atomic mass is 16.5. The van der Waals surface area contributed by atoms with Gasteiger partial charge >= 0.3 is 0 Å². The first-order valence-electron chi connectivity index (χ1n) is 7.96. The van der Waals surface area contributed by atoms with E-state index < -0.39 is 0 Å². The zero-order valence-electron chi connectivity index (χ0n) is 12.4. The van der Waals surface area contributed by atoms with E-state index in [0.29, 0.717) is 0 Å². The number of ether oxygens (including phenoxy) is 1. The topological polar surface area (TPSA) is 49.8 Å². The minimum Gasteiger partial charge on any atom is -0.483 e. The SMILES string of the molecule is O=C(COc1cccc2c1CCC2O)N1CCCCCC1. The van der Waals surface area contributed by atoms with E-state index in [2.05, 4.69) is 0 Å². The Morgan fingerprint density at radius 3 is 2.76 bits per heavy atom. The van der Waals surface area contributed by atoms with Crippen LogP contribution in [0.2, 0.25) is 0 Å². The minimum atomic E-state index is -0.384. The Morgan fingerprint density at radius 2 is 2.00 bits per heavy atom. The van der Waals surface area contributed by atoms with Gasteiger partial charge in [-0.15, -0.1) is 0 Å². The fraction of sp³-hybridized carbons (Fsp3) is 0.588. The maximum atomic E-state index is 12.2. The third-order valence-corrected chi connectivity index (χ3v) is 4.51. The van der Waals surface area contributed by atoms with Crippen molar-refractivity contribution >= 4 is 5.91 Å². The van der Waals surface area contributed by atoms with Gasteiger partial charge in [0.15, 0.2) is 6.61 Å². The largest absolute Gasteiger partial charge is 0.483 e. The van der Waals surface area contributed by atoms with Gasteiger partial charge in [-0.25, -0.2) is 0 Å². The Kier molecular flexibility index (Phi) is 4.44. The van der Waals surface area contributed by atoms with Gasteiger partial charge in [-0.05, 0) is 37.3 Å². The molecule has 4 nitrogen and oxygen atoms in total. The van der Waals surface area contributed by atoms with Crippen molar-refractivity contribution < 1.29 is 14.6 Å². The highest BCUT2D eigenvalue weighted by molar-refractivity contribution is 5.77. The fourth-order valence-electron chi connectivity index (χ4n) is 3.28. The number of nitrogens with zero attached hydrogens (tertiary/aromatic N) is 1. The van der Waals surface area contributed by atoms with Crippen molar-refractivity contribution in [2.24, 2.45) is 0 Å². The van der Waals surface area contributed by atoms with Crippen molar-refractivity contribution in [2.75, 3.05) is 19.7 Å². The molecule has 1 heterocycles. The van der Waals surface area contributed by atoms with Crippen molar-refractivity contribution in [3.63, 3.8) is 0 Å². The zero-order valence-corrected chi connectivity index (χ0v) is 12.4. The maximum absolute atomic E-state index is 12.2. The van der Waals surface area contributed by atoms with E-state index in [1.165, 1.54) is 12.8 Å². The number of aliphatic hydroxyl groups excluding tert-OH is 1. The molecular formula is C17H23NO3. The number of fused-ring (bicyclic) bond motifs is 1. The van der Waals surface area contributed by atoms with Gasteiger partial charge in [0.05, 0.1) is 6.10 Å². The predicted molar refractivity (Wildman–Crippen MR) is 80.3 cm³/mol. The summed E-state index contributed by atoms with van der Waals surface area (Å²) in [5.41, 5.74) is 2.02. The summed E-state index contributed by atoms with van der Waals surface area (Å²) in [5, 5.41) is 9.89. The molecule has 1 aliphatic heterocycles. The lowest BCUT2D eigenvalue weighted by Gasteiger charge is -2.20. The normalized spacial score (nSPS) is 21.8. The Hall–Kier alpha value is -1.55. The van der Waals surface area contributed by atoms with E-state index in [-0.39, 0.29) is 18.6 Å². The van der Waals surface area contributed by atoms with E-state index in [9.17, 15) is 9.90 Å². The van der Waals surface area contributed by atoms with Crippen LogP contribution in [0.25, 0.3) is 0 Å². The molecular weight excluding hydrogens is 266 g/mol. The summed E-state index contributed by atoms with van der Waals surface area (Å²) in [6.45, 7) is 1.81. The number of likely N-dealkylation sites (tertiary alicyclic amines) is 1. The Labute approximate surface area is 125 Å². The number of rotatable bonds is 3. The molecule has 0 radical (unpaired) electrons. The van der Waals surface area contributed by atoms with Crippen molar-refractivity contribution in [2.45, 2.75) is 44.6 Å². The van der Waals surface area contributed by atoms with Crippen LogP contribution in [0.3, 0.4) is 0 Å². The number of carbonyl (C=O) groups is 1. The first-order valence-corrected chi connectivity index (χ1v) is 7.96. The second-order valence-electron chi connectivity index (χ2n) is 5.96. The highest BCUT2D eigenvalue weighted by Crippen LogP contribution is 2.36. The molecule has 1 atom stereocenters. The summed E-state index contributed by atoms with van der Waals surface area (Å²) in [6, 6.07) is 5.72. The first-order chi connectivity index (χ1) is 10.3. The standard InChI is InChI=1S/C17H23NO3/c19-15-9-8-14-13(15)6-5-7-16(14)21-12-17(20)18-10-3-1-2-4-11-18/h5-7,15,19H,1-4,8-12H2. The van der Waals surface area contributed by atoms with Crippen LogP contribution in [0.5, 0.6) is 5.75 Å². The molecule has 0 aromatic heterocycles. The van der Waals surface area contributed by atoms with Crippen molar-refractivity contribution in [3.8, 4) is 5.75 Å². The molecule has 4 heteroatoms. The summed E-state index contributed by atoms with van der Waals surface area (Å²) < 4.78 is 5.75. The third-order valence-electron chi connectivity index (χ3n) is 4.51. The van der Waals surface area contributed by atoms with Crippen LogP contribution < -0.4 is 4.74 Å². The van der Waals surface area contributed by atoms with Gasteiger partial charge in [-0.1, -0.05) is 25.0 Å². The van der Waals surface area contributed by atoms with E-state index in [0.717, 1.165) is 55.6 Å². The number of amides is 1. The van der Waals surface area contributed by atoms with Crippen LogP contribution in [0.4, 0.5) is 0 Å². The molecule has 1 aliphatic carbocycles. The molecule has 1 aromatic rings. The summed E-state index contributed by atoms with van der Waals surface area (Å²) >= 11 is 0. The van der Waals surface area contributed by atoms with E-state index in [1.807, 2.05) is 23.1 Å². The number of aliphatic hydroxyl groups is 1. The second kappa shape index (κ2) is 6.48. The first kappa shape index (κ1) is 14.4. The van der Waals surface area contributed by atoms with Crippen LogP contribution in [0.1, 0.15) is 49.3 Å². The summed E-state index contributed by atoms with van der Waals surface area (Å²) in [5.74, 6) is 0.834. The van der Waals surface area contributed by atoms with Gasteiger partial charge in [-0.3, -0.25) is 4.79 Å². The monoisotopic (exact) mass is 289 g/mol. The fourth-order valence-corrected chi connectivity index (χ4v) is 3.28. The van der Waals surface area contributed by atoms with Crippen LogP contribution in [-0.4, -0.2) is 35.6 Å². The quantitative estimate of drug-likeness (QED) is 0.930. The van der Waals surface area contributed by atoms with E-state index >= 15 is 0 Å². The molecule has 1 unspecified atom stereocenters. The lowest BCUT2D eigenvalue weighted by Crippen LogP contribution is -2.35. The van der Waals surface area contributed by atoms with E-state index in [1.54, 1.807) is 0 Å². The third kappa shape index (κ3) is 3.21. The van der Waals surface area contributed by atoms with Gasteiger partial charge in [0.25, 0.3) is 5.91 Å². The van der Waals surface area contributed by atoms with Gasteiger partial charge in [0.2, 0.25) is 0 Å². The summed E-state index contributed by atoms with van der Waals surface area (Å²) in [4.78, 5) is 14.2. The molecule has 0 saturated carbocycles. The average Bonchev–Trinajstić information content (AvgIpc) is 2.73. The number of hydrogen-bond acceptors (Lipinski definition) is 3. The van der Waals surface area contributed by atoms with E-state index in [4.69, 9.17) is 4.74 Å². The minimum absolute atomic E-state index is 0.0769. The predicted octanol–water partition coefficient (Wildman–Crippen LogP) is 2.45. The van der Waals surface area contributed by atoms with Crippen LogP contribution in [0.15, 0.2) is 18.2 Å². The van der Waals surface area contributed by atoms with Crippen molar-refractivity contribution in [3.05, 3.63) is 29.3 Å². The molecule has 0 bridgehead atoms. The summed E-state index contributed by atoms with van der Waals surface area (Å²) in [6.07, 6.45) is 5.81. The molecule has 1 aromatic carbocycles. The molecule has 21 heavy (non-hydrogen) atoms. The second-order valence-corrected chi connectivity index (χ2v) is 5.96. The molecule has 1 amide bonds. The van der Waals surface area contributed by atoms with Gasteiger partial charge in [0, 0.05) is 18.7 Å². The Balaban J connectivity index is 1.61. The van der Waals surface area contributed by atoms with Gasteiger partial charge < -0.3 is 14.7 Å². The average molecular weight is 289 g/mol. The molecule has 1 N–H and O–H groups in total. The molecule has 1 saturated heterocycles. The number of benzene rings is 1. The van der Waals surface area contributed by atoms with Crippen LogP contribution in [-0.2, 0) is 11.2 Å². The maximum Gasteiger partial charge on any atom is 0.260 e. The molecule has 114 valence electrons. The lowest BCUT2D eigenvalue weighted by atomic mass is 10.1. The van der Waals surface area contributed by atoms with Crippen molar-refractivity contribution in [1.29, 1.82) is 0 Å². The molecule has 2 aliphatic rings. The van der Waals surface area contributed by atoms with Crippen LogP contribution in [0, 0.1) is 0 Å². The van der Waals surface area contributed by atoms with Crippen molar-refractivity contribution in [1.82, 2.24) is 4.90 Å². The zero-order chi connectivity index (χ0) is 14.7. The number of carbonyl (C=O) groups excluding carboxylic acids is 1. The Morgan fingerprint density at radius 1 is 1.24 bits per heavy atom.